The van der Waals surface area contributed by atoms with Crippen LogP contribution in [0.25, 0.3) is 0 Å². The second-order valence-electron chi connectivity index (χ2n) is 5.81. The number of benzene rings is 2. The number of para-hydroxylation sites is 1. The first kappa shape index (κ1) is 16.8. The minimum absolute atomic E-state index is 0.0416. The molecule has 0 radical (unpaired) electrons. The predicted octanol–water partition coefficient (Wildman–Crippen LogP) is 4.44. The first-order chi connectivity index (χ1) is 11.5. The minimum atomic E-state index is -0.195. The summed E-state index contributed by atoms with van der Waals surface area (Å²) in [5.74, 6) is 1.22. The van der Waals surface area contributed by atoms with E-state index in [2.05, 4.69) is 21.2 Å². The molecule has 1 heterocycles. The van der Waals surface area contributed by atoms with E-state index in [1.54, 1.807) is 7.11 Å². The van der Waals surface area contributed by atoms with Crippen molar-refractivity contribution >= 4 is 27.5 Å². The second kappa shape index (κ2) is 6.85. The van der Waals surface area contributed by atoms with Crippen LogP contribution in [0, 0.1) is 6.92 Å². The molecule has 0 saturated heterocycles. The summed E-state index contributed by atoms with van der Waals surface area (Å²) in [6.07, 6.45) is 0.604. The molecule has 2 aromatic rings. The number of carbonyl (C=O) groups is 1. The summed E-state index contributed by atoms with van der Waals surface area (Å²) in [7, 11) is 1.62. The van der Waals surface area contributed by atoms with Crippen LogP contribution in [0.3, 0.4) is 0 Å². The molecule has 2 aromatic carbocycles. The maximum Gasteiger partial charge on any atom is 0.232 e. The molecule has 1 aliphatic rings. The van der Waals surface area contributed by atoms with Gasteiger partial charge >= 0.3 is 0 Å². The second-order valence-corrected chi connectivity index (χ2v) is 6.67. The highest BCUT2D eigenvalue weighted by atomic mass is 79.9. The molecule has 1 amide bonds. The highest BCUT2D eigenvalue weighted by Crippen LogP contribution is 2.40. The van der Waals surface area contributed by atoms with Gasteiger partial charge in [-0.15, -0.1) is 0 Å². The van der Waals surface area contributed by atoms with Crippen LogP contribution in [-0.2, 0) is 11.2 Å². The predicted molar refractivity (Wildman–Crippen MR) is 98.1 cm³/mol. The van der Waals surface area contributed by atoms with Crippen molar-refractivity contribution in [2.24, 2.45) is 0 Å². The number of carbonyl (C=O) groups excluding carboxylic acids is 1. The fraction of sp³-hybridized carbons (Fsp3) is 0.316. The highest BCUT2D eigenvalue weighted by Gasteiger charge is 2.32. The van der Waals surface area contributed by atoms with Crippen LogP contribution in [0.2, 0.25) is 0 Å². The zero-order chi connectivity index (χ0) is 17.3. The number of fused-ring (bicyclic) bond motifs is 1. The van der Waals surface area contributed by atoms with Crippen molar-refractivity contribution in [2.45, 2.75) is 26.2 Å². The Morgan fingerprint density at radius 2 is 2.04 bits per heavy atom. The van der Waals surface area contributed by atoms with Gasteiger partial charge < -0.3 is 14.8 Å². The van der Waals surface area contributed by atoms with Gasteiger partial charge in [-0.25, -0.2) is 0 Å². The Balaban J connectivity index is 1.96. The molecule has 4 nitrogen and oxygen atoms in total. The van der Waals surface area contributed by atoms with Gasteiger partial charge in [0.05, 0.1) is 19.6 Å². The normalized spacial score (nSPS) is 15.8. The van der Waals surface area contributed by atoms with Gasteiger partial charge in [0.1, 0.15) is 0 Å². The number of nitrogens with one attached hydrogen (secondary N) is 1. The number of amides is 1. The number of anilines is 1. The smallest absolute Gasteiger partial charge is 0.232 e. The molecule has 0 fully saturated rings. The molecule has 0 bridgehead atoms. The average molecular weight is 390 g/mol. The van der Waals surface area contributed by atoms with Crippen LogP contribution in [0.5, 0.6) is 11.5 Å². The fourth-order valence-corrected chi connectivity index (χ4v) is 3.57. The maximum atomic E-state index is 12.5. The molecule has 1 N–H and O–H groups in total. The van der Waals surface area contributed by atoms with Gasteiger partial charge in [0, 0.05) is 10.2 Å². The van der Waals surface area contributed by atoms with Crippen LogP contribution in [-0.4, -0.2) is 19.6 Å². The quantitative estimate of drug-likeness (QED) is 0.821. The number of halogens is 1. The SMILES string of the molecule is CCOc1cc(CC2C(=O)Nc3c(C)cccc32)c(Br)cc1OC. The van der Waals surface area contributed by atoms with Crippen molar-refractivity contribution in [1.29, 1.82) is 0 Å². The maximum absolute atomic E-state index is 12.5. The third kappa shape index (κ3) is 3.00. The molecular formula is C19H20BrNO3. The Labute approximate surface area is 150 Å². The van der Waals surface area contributed by atoms with Gasteiger partial charge in [-0.1, -0.05) is 34.1 Å². The van der Waals surface area contributed by atoms with Crippen LogP contribution in [0.1, 0.15) is 29.5 Å². The zero-order valence-corrected chi connectivity index (χ0v) is 15.6. The molecule has 0 aromatic heterocycles. The van der Waals surface area contributed by atoms with Gasteiger partial charge in [0.25, 0.3) is 0 Å². The molecule has 5 heteroatoms. The van der Waals surface area contributed by atoms with Gasteiger partial charge in [-0.2, -0.15) is 0 Å². The van der Waals surface area contributed by atoms with Crippen molar-refractivity contribution < 1.29 is 14.3 Å². The summed E-state index contributed by atoms with van der Waals surface area (Å²) in [5, 5.41) is 3.01. The Morgan fingerprint density at radius 3 is 2.75 bits per heavy atom. The zero-order valence-electron chi connectivity index (χ0n) is 14.0. The molecule has 126 valence electrons. The molecule has 0 saturated carbocycles. The van der Waals surface area contributed by atoms with Crippen molar-refractivity contribution in [3.63, 3.8) is 0 Å². The number of methoxy groups -OCH3 is 1. The van der Waals surface area contributed by atoms with Gasteiger partial charge in [-0.3, -0.25) is 4.79 Å². The fourth-order valence-electron chi connectivity index (χ4n) is 3.09. The van der Waals surface area contributed by atoms with E-state index < -0.39 is 0 Å². The molecule has 3 rings (SSSR count). The monoisotopic (exact) mass is 389 g/mol. The van der Waals surface area contributed by atoms with Gasteiger partial charge in [0.2, 0.25) is 5.91 Å². The highest BCUT2D eigenvalue weighted by molar-refractivity contribution is 9.10. The van der Waals surface area contributed by atoms with E-state index in [0.717, 1.165) is 26.9 Å². The van der Waals surface area contributed by atoms with E-state index in [-0.39, 0.29) is 11.8 Å². The summed E-state index contributed by atoms with van der Waals surface area (Å²) in [4.78, 5) is 12.5. The molecule has 24 heavy (non-hydrogen) atoms. The number of aryl methyl sites for hydroxylation is 1. The molecule has 1 atom stereocenters. The van der Waals surface area contributed by atoms with Crippen molar-refractivity contribution in [2.75, 3.05) is 19.0 Å². The summed E-state index contributed by atoms with van der Waals surface area (Å²) >= 11 is 3.59. The third-order valence-electron chi connectivity index (χ3n) is 4.30. The van der Waals surface area contributed by atoms with E-state index in [1.165, 1.54) is 0 Å². The number of rotatable bonds is 5. The molecule has 0 spiro atoms. The van der Waals surface area contributed by atoms with E-state index in [9.17, 15) is 4.79 Å². The summed E-state index contributed by atoms with van der Waals surface area (Å²) in [6, 6.07) is 9.87. The molecular weight excluding hydrogens is 370 g/mol. The molecule has 1 unspecified atom stereocenters. The lowest BCUT2D eigenvalue weighted by Crippen LogP contribution is -2.14. The Bertz CT molecular complexity index is 788. The number of hydrogen-bond acceptors (Lipinski definition) is 3. The number of ether oxygens (including phenoxy) is 2. The topological polar surface area (TPSA) is 47.6 Å². The number of hydrogen-bond donors (Lipinski definition) is 1. The summed E-state index contributed by atoms with van der Waals surface area (Å²) in [5.41, 5.74) is 4.11. The average Bonchev–Trinajstić information content (AvgIpc) is 2.88. The van der Waals surface area contributed by atoms with Crippen LogP contribution in [0.4, 0.5) is 5.69 Å². The van der Waals surface area contributed by atoms with E-state index >= 15 is 0 Å². The standard InChI is InChI=1S/C19H20BrNO3/c1-4-24-17-9-12(15(20)10-16(17)23-3)8-14-13-7-5-6-11(2)18(13)21-19(14)22/h5-7,9-10,14H,4,8H2,1-3H3,(H,21,22). The van der Waals surface area contributed by atoms with Crippen LogP contribution >= 0.6 is 15.9 Å². The molecule has 0 aliphatic carbocycles. The minimum Gasteiger partial charge on any atom is -0.493 e. The van der Waals surface area contributed by atoms with E-state index in [4.69, 9.17) is 9.47 Å². The summed E-state index contributed by atoms with van der Waals surface area (Å²) < 4.78 is 11.9. The third-order valence-corrected chi connectivity index (χ3v) is 5.04. The first-order valence-corrected chi connectivity index (χ1v) is 8.74. The molecule has 1 aliphatic heterocycles. The Hall–Kier alpha value is -2.01. The van der Waals surface area contributed by atoms with Gasteiger partial charge in [0.15, 0.2) is 11.5 Å². The van der Waals surface area contributed by atoms with Gasteiger partial charge in [-0.05, 0) is 49.1 Å². The lowest BCUT2D eigenvalue weighted by atomic mass is 9.92. The van der Waals surface area contributed by atoms with Crippen molar-refractivity contribution in [3.8, 4) is 11.5 Å². The van der Waals surface area contributed by atoms with Crippen LogP contribution < -0.4 is 14.8 Å². The largest absolute Gasteiger partial charge is 0.493 e. The lowest BCUT2D eigenvalue weighted by Gasteiger charge is -2.15. The Morgan fingerprint density at radius 1 is 1.25 bits per heavy atom. The van der Waals surface area contributed by atoms with Crippen molar-refractivity contribution in [1.82, 2.24) is 0 Å². The first-order valence-electron chi connectivity index (χ1n) is 7.94. The van der Waals surface area contributed by atoms with E-state index in [1.807, 2.05) is 44.2 Å². The summed E-state index contributed by atoms with van der Waals surface area (Å²) in [6.45, 7) is 4.51. The Kier molecular flexibility index (Phi) is 4.81. The lowest BCUT2D eigenvalue weighted by molar-refractivity contribution is -0.117. The van der Waals surface area contributed by atoms with Crippen LogP contribution in [0.15, 0.2) is 34.8 Å². The van der Waals surface area contributed by atoms with Crippen molar-refractivity contribution in [3.05, 3.63) is 51.5 Å². The van der Waals surface area contributed by atoms with E-state index in [0.29, 0.717) is 24.5 Å².